The molecule has 1 heterocycles. The van der Waals surface area contributed by atoms with E-state index in [1.807, 2.05) is 6.07 Å². The third-order valence-corrected chi connectivity index (χ3v) is 5.37. The molecule has 1 aromatic rings. The van der Waals surface area contributed by atoms with Gasteiger partial charge in [0.05, 0.1) is 4.34 Å². The van der Waals surface area contributed by atoms with Gasteiger partial charge in [0, 0.05) is 10.9 Å². The lowest BCUT2D eigenvalue weighted by atomic mass is 9.91. The molecule has 1 N–H and O–H groups in total. The van der Waals surface area contributed by atoms with Crippen molar-refractivity contribution < 1.29 is 0 Å². The predicted molar refractivity (Wildman–Crippen MR) is 81.6 cm³/mol. The van der Waals surface area contributed by atoms with Crippen LogP contribution in [0.2, 0.25) is 4.34 Å². The first-order chi connectivity index (χ1) is 8.75. The minimum absolute atomic E-state index is 0.438. The fourth-order valence-corrected chi connectivity index (χ4v) is 3.84. The Balaban J connectivity index is 1.75. The highest BCUT2D eigenvalue weighted by Crippen LogP contribution is 2.27. The van der Waals surface area contributed by atoms with E-state index in [1.165, 1.54) is 49.8 Å². The normalized spacial score (nSPS) is 20.3. The number of nitrogens with one attached hydrogen (secondary N) is 1. The number of halogens is 1. The minimum Gasteiger partial charge on any atom is -0.309 e. The molecule has 2 rings (SSSR count). The Morgan fingerprint density at radius 1 is 1.22 bits per heavy atom. The summed E-state index contributed by atoms with van der Waals surface area (Å²) < 4.78 is 0.893. The van der Waals surface area contributed by atoms with Crippen LogP contribution in [-0.2, 0) is 0 Å². The summed E-state index contributed by atoms with van der Waals surface area (Å²) in [5.74, 6) is 0.878. The molecule has 0 radical (unpaired) electrons. The van der Waals surface area contributed by atoms with Crippen molar-refractivity contribution in [2.24, 2.45) is 5.92 Å². The van der Waals surface area contributed by atoms with Crippen molar-refractivity contribution in [1.29, 1.82) is 0 Å². The maximum atomic E-state index is 5.98. The van der Waals surface area contributed by atoms with Crippen LogP contribution in [0.3, 0.4) is 0 Å². The number of hydrogen-bond donors (Lipinski definition) is 1. The van der Waals surface area contributed by atoms with Crippen LogP contribution >= 0.6 is 22.9 Å². The van der Waals surface area contributed by atoms with Crippen molar-refractivity contribution in [3.8, 4) is 0 Å². The predicted octanol–water partition coefficient (Wildman–Crippen LogP) is 5.41. The largest absolute Gasteiger partial charge is 0.309 e. The van der Waals surface area contributed by atoms with Crippen molar-refractivity contribution in [2.75, 3.05) is 6.54 Å². The monoisotopic (exact) mass is 285 g/mol. The molecular formula is C15H24ClNS. The van der Waals surface area contributed by atoms with Gasteiger partial charge < -0.3 is 5.32 Å². The van der Waals surface area contributed by atoms with E-state index in [2.05, 4.69) is 18.3 Å². The summed E-state index contributed by atoms with van der Waals surface area (Å²) in [4.78, 5) is 1.35. The SMILES string of the molecule is CC(NCC1CCCCCCC1)c1ccc(Cl)s1. The second kappa shape index (κ2) is 7.52. The van der Waals surface area contributed by atoms with Crippen LogP contribution in [0, 0.1) is 5.92 Å². The van der Waals surface area contributed by atoms with Crippen molar-refractivity contribution in [3.05, 3.63) is 21.3 Å². The van der Waals surface area contributed by atoms with E-state index in [0.717, 1.165) is 16.8 Å². The third-order valence-electron chi connectivity index (χ3n) is 3.96. The minimum atomic E-state index is 0.438. The van der Waals surface area contributed by atoms with Gasteiger partial charge >= 0.3 is 0 Å². The highest BCUT2D eigenvalue weighted by molar-refractivity contribution is 7.16. The first kappa shape index (κ1) is 14.4. The molecule has 1 aromatic heterocycles. The van der Waals surface area contributed by atoms with E-state index in [4.69, 9.17) is 11.6 Å². The molecule has 1 unspecified atom stereocenters. The maximum Gasteiger partial charge on any atom is 0.0931 e. The molecular weight excluding hydrogens is 262 g/mol. The molecule has 1 saturated carbocycles. The Bertz CT molecular complexity index is 342. The molecule has 1 atom stereocenters. The molecule has 1 aliphatic carbocycles. The van der Waals surface area contributed by atoms with E-state index in [1.54, 1.807) is 11.3 Å². The number of rotatable bonds is 4. The molecule has 0 spiro atoms. The van der Waals surface area contributed by atoms with E-state index < -0.39 is 0 Å². The average molecular weight is 286 g/mol. The molecule has 0 amide bonds. The van der Waals surface area contributed by atoms with Crippen molar-refractivity contribution in [1.82, 2.24) is 5.32 Å². The van der Waals surface area contributed by atoms with E-state index in [0.29, 0.717) is 6.04 Å². The van der Waals surface area contributed by atoms with E-state index in [9.17, 15) is 0 Å². The van der Waals surface area contributed by atoms with Crippen molar-refractivity contribution in [2.45, 2.75) is 57.9 Å². The summed E-state index contributed by atoms with van der Waals surface area (Å²) in [5.41, 5.74) is 0. The maximum absolute atomic E-state index is 5.98. The van der Waals surface area contributed by atoms with E-state index in [-0.39, 0.29) is 0 Å². The molecule has 1 nitrogen and oxygen atoms in total. The van der Waals surface area contributed by atoms with Gasteiger partial charge in [-0.2, -0.15) is 0 Å². The van der Waals surface area contributed by atoms with Crippen molar-refractivity contribution in [3.63, 3.8) is 0 Å². The standard InChI is InChI=1S/C15H24ClNS/c1-12(14-9-10-15(16)18-14)17-11-13-7-5-3-2-4-6-8-13/h9-10,12-13,17H,2-8,11H2,1H3. The van der Waals surface area contributed by atoms with Gasteiger partial charge in [0.25, 0.3) is 0 Å². The van der Waals surface area contributed by atoms with Crippen LogP contribution in [0.4, 0.5) is 0 Å². The molecule has 3 heteroatoms. The smallest absolute Gasteiger partial charge is 0.0931 e. The average Bonchev–Trinajstić information content (AvgIpc) is 2.74. The lowest BCUT2D eigenvalue weighted by Gasteiger charge is -2.22. The topological polar surface area (TPSA) is 12.0 Å². The summed E-state index contributed by atoms with van der Waals surface area (Å²) in [6, 6.07) is 4.58. The second-order valence-corrected chi connectivity index (χ2v) is 7.23. The molecule has 0 saturated heterocycles. The summed E-state index contributed by atoms with van der Waals surface area (Å²) in [6.45, 7) is 3.40. The van der Waals surface area contributed by atoms with Crippen LogP contribution in [0.25, 0.3) is 0 Å². The molecule has 0 bridgehead atoms. The first-order valence-electron chi connectivity index (χ1n) is 7.24. The summed E-state index contributed by atoms with van der Waals surface area (Å²) >= 11 is 7.68. The Kier molecular flexibility index (Phi) is 6.00. The van der Waals surface area contributed by atoms with Gasteiger partial charge in [0.2, 0.25) is 0 Å². The van der Waals surface area contributed by atoms with Crippen LogP contribution in [0.5, 0.6) is 0 Å². The van der Waals surface area contributed by atoms with Gasteiger partial charge in [-0.25, -0.2) is 0 Å². The van der Waals surface area contributed by atoms with Gasteiger partial charge in [-0.15, -0.1) is 11.3 Å². The van der Waals surface area contributed by atoms with Crippen LogP contribution in [0.1, 0.15) is 62.8 Å². The lowest BCUT2D eigenvalue weighted by molar-refractivity contribution is 0.350. The quantitative estimate of drug-likeness (QED) is 0.780. The van der Waals surface area contributed by atoms with Crippen LogP contribution in [-0.4, -0.2) is 6.54 Å². The highest BCUT2D eigenvalue weighted by Gasteiger charge is 2.14. The molecule has 1 aliphatic rings. The van der Waals surface area contributed by atoms with Crippen molar-refractivity contribution >= 4 is 22.9 Å². The van der Waals surface area contributed by atoms with Gasteiger partial charge in [0.15, 0.2) is 0 Å². The Hall–Kier alpha value is -0.0500. The molecule has 1 fully saturated rings. The van der Waals surface area contributed by atoms with Gasteiger partial charge in [-0.1, -0.05) is 43.7 Å². The summed E-state index contributed by atoms with van der Waals surface area (Å²) in [7, 11) is 0. The number of hydrogen-bond acceptors (Lipinski definition) is 2. The Morgan fingerprint density at radius 3 is 2.50 bits per heavy atom. The summed E-state index contributed by atoms with van der Waals surface area (Å²) in [6.07, 6.45) is 9.98. The molecule has 18 heavy (non-hydrogen) atoms. The fourth-order valence-electron chi connectivity index (χ4n) is 2.75. The second-order valence-electron chi connectivity index (χ2n) is 5.48. The Morgan fingerprint density at radius 2 is 1.89 bits per heavy atom. The highest BCUT2D eigenvalue weighted by atomic mass is 35.5. The summed E-state index contributed by atoms with van der Waals surface area (Å²) in [5, 5.41) is 3.68. The van der Waals surface area contributed by atoms with Gasteiger partial charge in [-0.3, -0.25) is 0 Å². The molecule has 0 aromatic carbocycles. The first-order valence-corrected chi connectivity index (χ1v) is 8.44. The van der Waals surface area contributed by atoms with Gasteiger partial charge in [0.1, 0.15) is 0 Å². The lowest BCUT2D eigenvalue weighted by Crippen LogP contribution is -2.25. The third kappa shape index (κ3) is 4.56. The van der Waals surface area contributed by atoms with Crippen LogP contribution < -0.4 is 5.32 Å². The van der Waals surface area contributed by atoms with Crippen LogP contribution in [0.15, 0.2) is 12.1 Å². The molecule has 102 valence electrons. The Labute approximate surface area is 120 Å². The fraction of sp³-hybridized carbons (Fsp3) is 0.733. The van der Waals surface area contributed by atoms with Gasteiger partial charge in [-0.05, 0) is 44.4 Å². The number of thiophene rings is 1. The zero-order valence-corrected chi connectivity index (χ0v) is 12.8. The van der Waals surface area contributed by atoms with E-state index >= 15 is 0 Å². The zero-order valence-electron chi connectivity index (χ0n) is 11.3. The zero-order chi connectivity index (χ0) is 12.8. The molecule has 0 aliphatic heterocycles.